The van der Waals surface area contributed by atoms with E-state index in [0.29, 0.717) is 6.42 Å². The Morgan fingerprint density at radius 1 is 1.25 bits per heavy atom. The third-order valence-electron chi connectivity index (χ3n) is 2.64. The standard InChI is InChI=1S/C10H15ClF3NO/c11-7-4-2-1-3-5-8(7)15-9(16)6-10(12,13)14/h7-8H,1-6H2,(H,15,16). The average molecular weight is 258 g/mol. The molecule has 0 heterocycles. The van der Waals surface area contributed by atoms with Crippen LogP contribution in [0.25, 0.3) is 0 Å². The molecule has 2 unspecified atom stereocenters. The van der Waals surface area contributed by atoms with E-state index in [4.69, 9.17) is 11.6 Å². The quantitative estimate of drug-likeness (QED) is 0.598. The fourth-order valence-electron chi connectivity index (χ4n) is 1.86. The van der Waals surface area contributed by atoms with Crippen LogP contribution in [0.2, 0.25) is 0 Å². The molecule has 1 N–H and O–H groups in total. The van der Waals surface area contributed by atoms with Gasteiger partial charge in [0.15, 0.2) is 0 Å². The monoisotopic (exact) mass is 257 g/mol. The lowest BCUT2D eigenvalue weighted by molar-refractivity contribution is -0.154. The highest BCUT2D eigenvalue weighted by Crippen LogP contribution is 2.24. The molecule has 16 heavy (non-hydrogen) atoms. The van der Waals surface area contributed by atoms with Crippen LogP contribution in [0.3, 0.4) is 0 Å². The molecule has 0 aromatic carbocycles. The van der Waals surface area contributed by atoms with Crippen molar-refractivity contribution in [2.75, 3.05) is 0 Å². The first kappa shape index (κ1) is 13.6. The molecule has 0 spiro atoms. The number of amides is 1. The van der Waals surface area contributed by atoms with Crippen LogP contribution in [0.15, 0.2) is 0 Å². The van der Waals surface area contributed by atoms with Gasteiger partial charge in [-0.1, -0.05) is 19.3 Å². The van der Waals surface area contributed by atoms with Crippen LogP contribution >= 0.6 is 11.6 Å². The van der Waals surface area contributed by atoms with Crippen molar-refractivity contribution < 1.29 is 18.0 Å². The lowest BCUT2D eigenvalue weighted by atomic mass is 10.1. The zero-order chi connectivity index (χ0) is 12.2. The molecule has 6 heteroatoms. The van der Waals surface area contributed by atoms with E-state index in [0.717, 1.165) is 25.7 Å². The summed E-state index contributed by atoms with van der Waals surface area (Å²) in [5.74, 6) is -0.981. The minimum absolute atomic E-state index is 0.250. The predicted octanol–water partition coefficient (Wildman–Crippen LogP) is 3.00. The van der Waals surface area contributed by atoms with Crippen LogP contribution in [0.1, 0.15) is 38.5 Å². The van der Waals surface area contributed by atoms with Gasteiger partial charge in [-0.3, -0.25) is 4.79 Å². The molecule has 1 amide bonds. The normalized spacial score (nSPS) is 27.2. The fourth-order valence-corrected chi connectivity index (χ4v) is 2.21. The van der Waals surface area contributed by atoms with Crippen molar-refractivity contribution in [2.24, 2.45) is 0 Å². The maximum atomic E-state index is 11.9. The van der Waals surface area contributed by atoms with Crippen molar-refractivity contribution in [3.8, 4) is 0 Å². The van der Waals surface area contributed by atoms with Gasteiger partial charge >= 0.3 is 6.18 Å². The van der Waals surface area contributed by atoms with E-state index in [2.05, 4.69) is 5.32 Å². The summed E-state index contributed by atoms with van der Waals surface area (Å²) < 4.78 is 35.8. The molecule has 0 aliphatic heterocycles. The number of hydrogen-bond donors (Lipinski definition) is 1. The Morgan fingerprint density at radius 3 is 2.50 bits per heavy atom. The number of carbonyl (C=O) groups is 1. The van der Waals surface area contributed by atoms with Crippen molar-refractivity contribution >= 4 is 17.5 Å². The van der Waals surface area contributed by atoms with Crippen LogP contribution < -0.4 is 5.32 Å². The van der Waals surface area contributed by atoms with E-state index in [1.54, 1.807) is 0 Å². The van der Waals surface area contributed by atoms with Gasteiger partial charge in [0.2, 0.25) is 5.91 Å². The molecule has 1 aliphatic carbocycles. The molecule has 2 atom stereocenters. The van der Waals surface area contributed by atoms with Gasteiger partial charge in [0.25, 0.3) is 0 Å². The average Bonchev–Trinajstić information content (AvgIpc) is 2.29. The highest BCUT2D eigenvalue weighted by atomic mass is 35.5. The number of halogens is 4. The second-order valence-corrected chi connectivity index (χ2v) is 4.68. The molecule has 0 aromatic heterocycles. The SMILES string of the molecule is O=C(CC(F)(F)F)NC1CCCCCC1Cl. The van der Waals surface area contributed by atoms with Crippen molar-refractivity contribution in [3.63, 3.8) is 0 Å². The zero-order valence-corrected chi connectivity index (χ0v) is 9.57. The van der Waals surface area contributed by atoms with Crippen molar-refractivity contribution in [1.82, 2.24) is 5.32 Å². The first-order chi connectivity index (χ1) is 7.38. The summed E-state index contributed by atoms with van der Waals surface area (Å²) in [5, 5.41) is 2.12. The summed E-state index contributed by atoms with van der Waals surface area (Å²) in [6.07, 6.45) is -1.56. The highest BCUT2D eigenvalue weighted by molar-refractivity contribution is 6.21. The molecule has 1 saturated carbocycles. The Bertz CT molecular complexity index is 245. The van der Waals surface area contributed by atoms with Crippen molar-refractivity contribution in [3.05, 3.63) is 0 Å². The second kappa shape index (κ2) is 5.75. The van der Waals surface area contributed by atoms with Crippen LogP contribution in [0.5, 0.6) is 0 Å². The molecule has 1 rings (SSSR count). The van der Waals surface area contributed by atoms with Gasteiger partial charge in [-0.25, -0.2) is 0 Å². The van der Waals surface area contributed by atoms with E-state index in [1.165, 1.54) is 0 Å². The fraction of sp³-hybridized carbons (Fsp3) is 0.900. The third-order valence-corrected chi connectivity index (χ3v) is 3.16. The molecule has 2 nitrogen and oxygen atoms in total. The maximum Gasteiger partial charge on any atom is 0.397 e. The van der Waals surface area contributed by atoms with Gasteiger partial charge in [-0.15, -0.1) is 11.6 Å². The van der Waals surface area contributed by atoms with Gasteiger partial charge in [0, 0.05) is 6.04 Å². The Labute approximate surface area is 97.5 Å². The summed E-state index contributed by atoms with van der Waals surface area (Å²) in [4.78, 5) is 11.1. The summed E-state index contributed by atoms with van der Waals surface area (Å²) >= 11 is 6.01. The van der Waals surface area contributed by atoms with Crippen LogP contribution in [0, 0.1) is 0 Å². The molecule has 1 aliphatic rings. The number of rotatable bonds is 2. The second-order valence-electron chi connectivity index (χ2n) is 4.12. The van der Waals surface area contributed by atoms with Gasteiger partial charge < -0.3 is 5.32 Å². The van der Waals surface area contributed by atoms with E-state index in [9.17, 15) is 18.0 Å². The number of hydrogen-bond acceptors (Lipinski definition) is 1. The Kier molecular flexibility index (Phi) is 4.89. The Morgan fingerprint density at radius 2 is 1.88 bits per heavy atom. The summed E-state index contributed by atoms with van der Waals surface area (Å²) in [5.41, 5.74) is 0. The van der Waals surface area contributed by atoms with E-state index in [-0.39, 0.29) is 11.4 Å². The first-order valence-corrected chi connectivity index (χ1v) is 5.82. The topological polar surface area (TPSA) is 29.1 Å². The lowest BCUT2D eigenvalue weighted by Crippen LogP contribution is -2.42. The molecule has 0 saturated heterocycles. The minimum Gasteiger partial charge on any atom is -0.352 e. The third kappa shape index (κ3) is 5.05. The Hall–Kier alpha value is -0.450. The number of alkyl halides is 4. The van der Waals surface area contributed by atoms with Gasteiger partial charge in [0.1, 0.15) is 6.42 Å². The largest absolute Gasteiger partial charge is 0.397 e. The first-order valence-electron chi connectivity index (χ1n) is 5.38. The van der Waals surface area contributed by atoms with E-state index in [1.807, 2.05) is 0 Å². The van der Waals surface area contributed by atoms with Gasteiger partial charge in [-0.2, -0.15) is 13.2 Å². The van der Waals surface area contributed by atoms with Gasteiger partial charge in [0.05, 0.1) is 5.38 Å². The predicted molar refractivity (Wildman–Crippen MR) is 55.3 cm³/mol. The number of nitrogens with one attached hydrogen (secondary N) is 1. The summed E-state index contributed by atoms with van der Waals surface area (Å²) in [6, 6.07) is -0.320. The smallest absolute Gasteiger partial charge is 0.352 e. The van der Waals surface area contributed by atoms with E-state index >= 15 is 0 Å². The van der Waals surface area contributed by atoms with Crippen LogP contribution in [-0.2, 0) is 4.79 Å². The van der Waals surface area contributed by atoms with Crippen molar-refractivity contribution in [2.45, 2.75) is 56.1 Å². The molecule has 1 fully saturated rings. The maximum absolute atomic E-state index is 11.9. The summed E-state index contributed by atoms with van der Waals surface area (Å²) in [7, 11) is 0. The summed E-state index contributed by atoms with van der Waals surface area (Å²) in [6.45, 7) is 0. The molecule has 0 bridgehead atoms. The number of carbonyl (C=O) groups excluding carboxylic acids is 1. The minimum atomic E-state index is -4.45. The van der Waals surface area contributed by atoms with Crippen LogP contribution in [-0.4, -0.2) is 23.5 Å². The Balaban J connectivity index is 2.42. The molecular formula is C10H15ClF3NO. The molecular weight excluding hydrogens is 243 g/mol. The van der Waals surface area contributed by atoms with Crippen molar-refractivity contribution in [1.29, 1.82) is 0 Å². The van der Waals surface area contributed by atoms with Crippen LogP contribution in [0.4, 0.5) is 13.2 Å². The van der Waals surface area contributed by atoms with E-state index < -0.39 is 18.5 Å². The molecule has 94 valence electrons. The van der Waals surface area contributed by atoms with Gasteiger partial charge in [-0.05, 0) is 12.8 Å². The molecule has 0 radical (unpaired) electrons. The molecule has 0 aromatic rings. The zero-order valence-electron chi connectivity index (χ0n) is 8.82. The lowest BCUT2D eigenvalue weighted by Gasteiger charge is -2.21. The highest BCUT2D eigenvalue weighted by Gasteiger charge is 2.33.